The number of rotatable bonds is 7. The highest BCUT2D eigenvalue weighted by Gasteiger charge is 2.28. The van der Waals surface area contributed by atoms with E-state index in [0.717, 1.165) is 31.1 Å². The summed E-state index contributed by atoms with van der Waals surface area (Å²) in [5, 5.41) is 0. The van der Waals surface area contributed by atoms with E-state index in [4.69, 9.17) is 4.74 Å². The van der Waals surface area contributed by atoms with E-state index in [1.54, 1.807) is 41.6 Å². The molecule has 1 aliphatic heterocycles. The number of sulfonamides is 1. The van der Waals surface area contributed by atoms with Gasteiger partial charge in [-0.05, 0) is 49.6 Å². The molecule has 1 aliphatic rings. The van der Waals surface area contributed by atoms with Gasteiger partial charge < -0.3 is 9.64 Å². The van der Waals surface area contributed by atoms with Crippen LogP contribution in [-0.2, 0) is 16.6 Å². The first kappa shape index (κ1) is 20.3. The quantitative estimate of drug-likeness (QED) is 0.766. The van der Waals surface area contributed by atoms with E-state index in [9.17, 15) is 13.2 Å². The molecule has 7 nitrogen and oxygen atoms in total. The molecular formula is C20H25N3O4S. The molecule has 1 saturated heterocycles. The highest BCUT2D eigenvalue weighted by Crippen LogP contribution is 2.21. The molecule has 2 heterocycles. The predicted molar refractivity (Wildman–Crippen MR) is 107 cm³/mol. The Balaban J connectivity index is 1.62. The van der Waals surface area contributed by atoms with Gasteiger partial charge in [-0.25, -0.2) is 13.1 Å². The molecule has 28 heavy (non-hydrogen) atoms. The van der Waals surface area contributed by atoms with Crippen molar-refractivity contribution in [2.24, 2.45) is 0 Å². The lowest BCUT2D eigenvalue weighted by molar-refractivity contribution is 0.0618. The molecule has 0 spiro atoms. The summed E-state index contributed by atoms with van der Waals surface area (Å²) in [7, 11) is -3.28. The van der Waals surface area contributed by atoms with Gasteiger partial charge in [-0.1, -0.05) is 6.07 Å². The Labute approximate surface area is 165 Å². The van der Waals surface area contributed by atoms with Crippen LogP contribution in [0.15, 0.2) is 48.8 Å². The molecule has 150 valence electrons. The number of piperidine rings is 1. The number of aromatic nitrogens is 1. The van der Waals surface area contributed by atoms with Crippen LogP contribution in [0.25, 0.3) is 0 Å². The van der Waals surface area contributed by atoms with E-state index >= 15 is 0 Å². The van der Waals surface area contributed by atoms with Crippen LogP contribution < -0.4 is 9.46 Å². The number of benzene rings is 1. The van der Waals surface area contributed by atoms with Crippen molar-refractivity contribution in [2.75, 3.05) is 19.3 Å². The monoisotopic (exact) mass is 403 g/mol. The van der Waals surface area contributed by atoms with Crippen LogP contribution in [0.1, 0.15) is 35.2 Å². The smallest absolute Gasteiger partial charge is 0.254 e. The average molecular weight is 404 g/mol. The molecular weight excluding hydrogens is 378 g/mol. The maximum absolute atomic E-state index is 12.9. The Hall–Kier alpha value is -2.45. The molecule has 1 aromatic carbocycles. The lowest BCUT2D eigenvalue weighted by Gasteiger charge is -2.35. The second-order valence-corrected chi connectivity index (χ2v) is 8.78. The summed E-state index contributed by atoms with van der Waals surface area (Å²) in [6, 6.07) is 10.7. The SMILES string of the molecule is CS(=O)(=O)NCC1CCCCN1C(=O)c1ccc(OCc2cccnc2)cc1. The van der Waals surface area contributed by atoms with E-state index in [-0.39, 0.29) is 18.5 Å². The van der Waals surface area contributed by atoms with Crippen molar-refractivity contribution in [3.05, 3.63) is 59.9 Å². The minimum absolute atomic E-state index is 0.0844. The molecule has 8 heteroatoms. The number of amides is 1. The van der Waals surface area contributed by atoms with Crippen LogP contribution in [0.2, 0.25) is 0 Å². The molecule has 3 rings (SSSR count). The zero-order valence-electron chi connectivity index (χ0n) is 15.9. The van der Waals surface area contributed by atoms with Gasteiger partial charge in [0.05, 0.1) is 6.26 Å². The number of hydrogen-bond donors (Lipinski definition) is 1. The first-order chi connectivity index (χ1) is 13.4. The van der Waals surface area contributed by atoms with Crippen molar-refractivity contribution in [1.82, 2.24) is 14.6 Å². The van der Waals surface area contributed by atoms with Gasteiger partial charge in [-0.3, -0.25) is 9.78 Å². The van der Waals surface area contributed by atoms with Crippen molar-refractivity contribution in [3.63, 3.8) is 0 Å². The molecule has 0 aliphatic carbocycles. The van der Waals surface area contributed by atoms with Crippen LogP contribution in [0.4, 0.5) is 0 Å². The number of nitrogens with zero attached hydrogens (tertiary/aromatic N) is 2. The third-order valence-corrected chi connectivity index (χ3v) is 5.39. The van der Waals surface area contributed by atoms with Crippen molar-refractivity contribution >= 4 is 15.9 Å². The van der Waals surface area contributed by atoms with Gasteiger partial charge >= 0.3 is 0 Å². The van der Waals surface area contributed by atoms with Crippen LogP contribution in [-0.4, -0.2) is 49.6 Å². The maximum Gasteiger partial charge on any atom is 0.254 e. The van der Waals surface area contributed by atoms with Gasteiger partial charge in [0.1, 0.15) is 12.4 Å². The van der Waals surface area contributed by atoms with E-state index in [0.29, 0.717) is 24.5 Å². The number of nitrogens with one attached hydrogen (secondary N) is 1. The molecule has 1 fully saturated rings. The van der Waals surface area contributed by atoms with E-state index in [1.807, 2.05) is 12.1 Å². The fourth-order valence-corrected chi connectivity index (χ4v) is 3.73. The van der Waals surface area contributed by atoms with Gasteiger partial charge in [-0.15, -0.1) is 0 Å². The summed E-state index contributed by atoms with van der Waals surface area (Å²) in [6.45, 7) is 1.29. The minimum Gasteiger partial charge on any atom is -0.489 e. The van der Waals surface area contributed by atoms with Crippen LogP contribution >= 0.6 is 0 Å². The van der Waals surface area contributed by atoms with Gasteiger partial charge in [0, 0.05) is 42.7 Å². The molecule has 2 aromatic rings. The van der Waals surface area contributed by atoms with Crippen LogP contribution in [0, 0.1) is 0 Å². The van der Waals surface area contributed by atoms with E-state index in [2.05, 4.69) is 9.71 Å². The number of carbonyl (C=O) groups excluding carboxylic acids is 1. The fraction of sp³-hybridized carbons (Fsp3) is 0.400. The van der Waals surface area contributed by atoms with Gasteiger partial charge in [-0.2, -0.15) is 0 Å². The summed E-state index contributed by atoms with van der Waals surface area (Å²) >= 11 is 0. The van der Waals surface area contributed by atoms with Crippen LogP contribution in [0.5, 0.6) is 5.75 Å². The molecule has 1 unspecified atom stereocenters. The van der Waals surface area contributed by atoms with Crippen molar-refractivity contribution in [1.29, 1.82) is 0 Å². The van der Waals surface area contributed by atoms with Gasteiger partial charge in [0.2, 0.25) is 10.0 Å². The number of hydrogen-bond acceptors (Lipinski definition) is 5. The number of pyridine rings is 1. The molecule has 1 amide bonds. The Bertz CT molecular complexity index is 885. The molecule has 1 aromatic heterocycles. The number of likely N-dealkylation sites (tertiary alicyclic amines) is 1. The van der Waals surface area contributed by atoms with Crippen molar-refractivity contribution in [3.8, 4) is 5.75 Å². The third kappa shape index (κ3) is 5.77. The highest BCUT2D eigenvalue weighted by molar-refractivity contribution is 7.88. The highest BCUT2D eigenvalue weighted by atomic mass is 32.2. The zero-order chi connectivity index (χ0) is 20.0. The Morgan fingerprint density at radius 1 is 1.25 bits per heavy atom. The fourth-order valence-electron chi connectivity index (χ4n) is 3.24. The third-order valence-electron chi connectivity index (χ3n) is 4.70. The normalized spacial score (nSPS) is 17.3. The first-order valence-corrected chi connectivity index (χ1v) is 11.2. The molecule has 0 bridgehead atoms. The first-order valence-electron chi connectivity index (χ1n) is 9.30. The maximum atomic E-state index is 12.9. The zero-order valence-corrected chi connectivity index (χ0v) is 16.7. The van der Waals surface area contributed by atoms with E-state index < -0.39 is 10.0 Å². The summed E-state index contributed by atoms with van der Waals surface area (Å²) in [6.07, 6.45) is 7.29. The minimum atomic E-state index is -3.28. The Kier molecular flexibility index (Phi) is 6.64. The average Bonchev–Trinajstić information content (AvgIpc) is 2.71. The summed E-state index contributed by atoms with van der Waals surface area (Å²) in [4.78, 5) is 18.7. The summed E-state index contributed by atoms with van der Waals surface area (Å²) < 4.78 is 31.0. The summed E-state index contributed by atoms with van der Waals surface area (Å²) in [5.41, 5.74) is 1.54. The molecule has 1 atom stereocenters. The standard InChI is InChI=1S/C20H25N3O4S/c1-28(25,26)22-14-18-6-2-3-12-23(18)20(24)17-7-9-19(10-8-17)27-15-16-5-4-11-21-13-16/h4-5,7-11,13,18,22H,2-3,6,12,14-15H2,1H3. The predicted octanol–water partition coefficient (Wildman–Crippen LogP) is 2.20. The Morgan fingerprint density at radius 2 is 2.04 bits per heavy atom. The van der Waals surface area contributed by atoms with Crippen molar-refractivity contribution < 1.29 is 17.9 Å². The van der Waals surface area contributed by atoms with E-state index in [1.165, 1.54) is 0 Å². The van der Waals surface area contributed by atoms with Crippen molar-refractivity contribution in [2.45, 2.75) is 31.9 Å². The van der Waals surface area contributed by atoms with Gasteiger partial charge in [0.15, 0.2) is 0 Å². The van der Waals surface area contributed by atoms with Gasteiger partial charge in [0.25, 0.3) is 5.91 Å². The number of carbonyl (C=O) groups is 1. The summed E-state index contributed by atoms with van der Waals surface area (Å²) in [5.74, 6) is 0.591. The lowest BCUT2D eigenvalue weighted by atomic mass is 10.0. The van der Waals surface area contributed by atoms with Crippen LogP contribution in [0.3, 0.4) is 0 Å². The second kappa shape index (κ2) is 9.16. The Morgan fingerprint density at radius 3 is 2.71 bits per heavy atom. The topological polar surface area (TPSA) is 88.6 Å². The largest absolute Gasteiger partial charge is 0.489 e. The molecule has 1 N–H and O–H groups in total. The number of ether oxygens (including phenoxy) is 1. The molecule has 0 saturated carbocycles. The lowest BCUT2D eigenvalue weighted by Crippen LogP contribution is -2.49. The molecule has 0 radical (unpaired) electrons. The second-order valence-electron chi connectivity index (χ2n) is 6.94.